The summed E-state index contributed by atoms with van der Waals surface area (Å²) >= 11 is 0. The van der Waals surface area contributed by atoms with Crippen molar-refractivity contribution in [1.29, 1.82) is 0 Å². The largest absolute Gasteiger partial charge is 0.467 e. The molecule has 0 aliphatic rings. The summed E-state index contributed by atoms with van der Waals surface area (Å²) in [6, 6.07) is 18.8. The highest BCUT2D eigenvalue weighted by atomic mass is 16.6. The van der Waals surface area contributed by atoms with Crippen LogP contribution in [0.15, 0.2) is 60.7 Å². The molecule has 0 fully saturated rings. The van der Waals surface area contributed by atoms with E-state index in [1.165, 1.54) is 7.11 Å². The van der Waals surface area contributed by atoms with Crippen LogP contribution in [0.3, 0.4) is 0 Å². The molecule has 0 aliphatic carbocycles. The van der Waals surface area contributed by atoms with Crippen LogP contribution in [-0.4, -0.2) is 31.6 Å². The number of ether oxygens (including phenoxy) is 3. The molecule has 0 heterocycles. The minimum absolute atomic E-state index is 0.180. The lowest BCUT2D eigenvalue weighted by atomic mass is 10.2. The summed E-state index contributed by atoms with van der Waals surface area (Å²) in [5.41, 5.74) is 1.79. The summed E-state index contributed by atoms with van der Waals surface area (Å²) < 4.78 is 15.9. The van der Waals surface area contributed by atoms with E-state index in [0.29, 0.717) is 6.29 Å². The Morgan fingerprint density at radius 3 is 1.88 bits per heavy atom. The first-order chi connectivity index (χ1) is 11.7. The van der Waals surface area contributed by atoms with Gasteiger partial charge in [0.15, 0.2) is 12.4 Å². The third kappa shape index (κ3) is 5.30. The highest BCUT2D eigenvalue weighted by Crippen LogP contribution is 2.12. The van der Waals surface area contributed by atoms with Gasteiger partial charge >= 0.3 is 5.97 Å². The van der Waals surface area contributed by atoms with E-state index in [0.717, 1.165) is 11.1 Å². The highest BCUT2D eigenvalue weighted by Gasteiger charge is 2.31. The minimum Gasteiger partial charge on any atom is -0.467 e. The molecule has 126 valence electrons. The molecule has 2 atom stereocenters. The van der Waals surface area contributed by atoms with E-state index in [1.54, 1.807) is 0 Å². The lowest BCUT2D eigenvalue weighted by Crippen LogP contribution is -2.40. The average molecular weight is 328 g/mol. The molecule has 5 heteroatoms. The van der Waals surface area contributed by atoms with Crippen LogP contribution in [0.1, 0.15) is 11.1 Å². The van der Waals surface area contributed by atoms with Gasteiger partial charge in [-0.2, -0.15) is 0 Å². The van der Waals surface area contributed by atoms with Crippen molar-refractivity contribution in [3.8, 4) is 0 Å². The fraction of sp³-hybridized carbons (Fsp3) is 0.263. The molecule has 0 unspecified atom stereocenters. The van der Waals surface area contributed by atoms with Gasteiger partial charge in [-0.15, -0.1) is 0 Å². The molecule has 2 aromatic carbocycles. The molecule has 2 aromatic rings. The molecule has 0 radical (unpaired) electrons. The quantitative estimate of drug-likeness (QED) is 0.523. The van der Waals surface area contributed by atoms with Crippen molar-refractivity contribution in [3.63, 3.8) is 0 Å². The van der Waals surface area contributed by atoms with Gasteiger partial charge < -0.3 is 19.0 Å². The van der Waals surface area contributed by atoms with E-state index in [4.69, 9.17) is 14.2 Å². The normalized spacial score (nSPS) is 13.0. The summed E-state index contributed by atoms with van der Waals surface area (Å²) in [5, 5.41) is 0. The average Bonchev–Trinajstić information content (AvgIpc) is 2.65. The van der Waals surface area contributed by atoms with E-state index in [9.17, 15) is 9.59 Å². The predicted octanol–water partition coefficient (Wildman–Crippen LogP) is 2.53. The van der Waals surface area contributed by atoms with Crippen LogP contribution >= 0.6 is 0 Å². The number of rotatable bonds is 9. The molecule has 2 rings (SSSR count). The SMILES string of the molecule is COC(=O)[C@H](OCc1ccccc1)[C@H](C=O)OCc1ccccc1. The van der Waals surface area contributed by atoms with Crippen LogP contribution in [0.5, 0.6) is 0 Å². The summed E-state index contributed by atoms with van der Waals surface area (Å²) in [6.45, 7) is 0.381. The van der Waals surface area contributed by atoms with Gasteiger partial charge in [-0.25, -0.2) is 4.79 Å². The number of carbonyl (C=O) groups excluding carboxylic acids is 2. The zero-order valence-electron chi connectivity index (χ0n) is 13.5. The molecule has 0 amide bonds. The van der Waals surface area contributed by atoms with Crippen molar-refractivity contribution in [2.24, 2.45) is 0 Å². The molecule has 0 saturated carbocycles. The number of hydrogen-bond donors (Lipinski definition) is 0. The molecule has 0 N–H and O–H groups in total. The van der Waals surface area contributed by atoms with Gasteiger partial charge in [0.1, 0.15) is 6.10 Å². The van der Waals surface area contributed by atoms with E-state index < -0.39 is 18.2 Å². The Labute approximate surface area is 141 Å². The monoisotopic (exact) mass is 328 g/mol. The second-order valence-corrected chi connectivity index (χ2v) is 5.14. The summed E-state index contributed by atoms with van der Waals surface area (Å²) in [5.74, 6) is -0.643. The molecule has 0 bridgehead atoms. The molecule has 0 saturated heterocycles. The number of carbonyl (C=O) groups is 2. The van der Waals surface area contributed by atoms with Crippen molar-refractivity contribution in [1.82, 2.24) is 0 Å². The number of methoxy groups -OCH3 is 1. The smallest absolute Gasteiger partial charge is 0.338 e. The molecular weight excluding hydrogens is 308 g/mol. The van der Waals surface area contributed by atoms with Crippen LogP contribution in [0.4, 0.5) is 0 Å². The van der Waals surface area contributed by atoms with Crippen molar-refractivity contribution in [2.45, 2.75) is 25.4 Å². The maximum absolute atomic E-state index is 12.0. The predicted molar refractivity (Wildman–Crippen MR) is 88.1 cm³/mol. The zero-order valence-corrected chi connectivity index (χ0v) is 13.5. The fourth-order valence-corrected chi connectivity index (χ4v) is 2.14. The Morgan fingerprint density at radius 2 is 1.42 bits per heavy atom. The van der Waals surface area contributed by atoms with E-state index >= 15 is 0 Å². The van der Waals surface area contributed by atoms with Crippen molar-refractivity contribution >= 4 is 12.3 Å². The molecular formula is C19H20O5. The fourth-order valence-electron chi connectivity index (χ4n) is 2.14. The first-order valence-corrected chi connectivity index (χ1v) is 7.58. The first kappa shape index (κ1) is 17.8. The Bertz CT molecular complexity index is 627. The van der Waals surface area contributed by atoms with Gasteiger partial charge in [-0.1, -0.05) is 60.7 Å². The van der Waals surface area contributed by atoms with Gasteiger partial charge in [0.2, 0.25) is 0 Å². The highest BCUT2D eigenvalue weighted by molar-refractivity contribution is 5.80. The third-order valence-electron chi connectivity index (χ3n) is 3.42. The molecule has 24 heavy (non-hydrogen) atoms. The standard InChI is InChI=1S/C19H20O5/c1-22-19(21)18(24-14-16-10-6-3-7-11-16)17(12-20)23-13-15-8-4-2-5-9-15/h2-12,17-18H,13-14H2,1H3/t17-,18+/m0/s1. The second kappa shape index (κ2) is 9.60. The summed E-state index contributed by atoms with van der Waals surface area (Å²) in [6.07, 6.45) is -1.59. The van der Waals surface area contributed by atoms with E-state index in [-0.39, 0.29) is 13.2 Å². The molecule has 5 nitrogen and oxygen atoms in total. The van der Waals surface area contributed by atoms with E-state index in [2.05, 4.69) is 0 Å². The van der Waals surface area contributed by atoms with Crippen LogP contribution in [0.25, 0.3) is 0 Å². The van der Waals surface area contributed by atoms with Gasteiger partial charge in [-0.05, 0) is 11.1 Å². The van der Waals surface area contributed by atoms with Crippen LogP contribution < -0.4 is 0 Å². The summed E-state index contributed by atoms with van der Waals surface area (Å²) in [4.78, 5) is 23.3. The minimum atomic E-state index is -1.11. The van der Waals surface area contributed by atoms with Crippen LogP contribution in [0.2, 0.25) is 0 Å². The molecule has 0 spiro atoms. The lowest BCUT2D eigenvalue weighted by Gasteiger charge is -2.21. The Kier molecular flexibility index (Phi) is 7.14. The number of benzene rings is 2. The Morgan fingerprint density at radius 1 is 0.917 bits per heavy atom. The van der Waals surface area contributed by atoms with Gasteiger partial charge in [0, 0.05) is 0 Å². The van der Waals surface area contributed by atoms with Crippen molar-refractivity contribution < 1.29 is 23.8 Å². The summed E-state index contributed by atoms with van der Waals surface area (Å²) in [7, 11) is 1.25. The Hall–Kier alpha value is -2.50. The van der Waals surface area contributed by atoms with Crippen LogP contribution in [0, 0.1) is 0 Å². The van der Waals surface area contributed by atoms with Crippen molar-refractivity contribution in [2.75, 3.05) is 7.11 Å². The number of hydrogen-bond acceptors (Lipinski definition) is 5. The number of esters is 1. The molecule has 0 aliphatic heterocycles. The lowest BCUT2D eigenvalue weighted by molar-refractivity contribution is -0.169. The Balaban J connectivity index is 2.00. The van der Waals surface area contributed by atoms with Gasteiger partial charge in [0.25, 0.3) is 0 Å². The zero-order chi connectivity index (χ0) is 17.2. The van der Waals surface area contributed by atoms with Gasteiger partial charge in [-0.3, -0.25) is 0 Å². The van der Waals surface area contributed by atoms with Gasteiger partial charge in [0.05, 0.1) is 20.3 Å². The van der Waals surface area contributed by atoms with Crippen LogP contribution in [-0.2, 0) is 37.0 Å². The maximum Gasteiger partial charge on any atom is 0.338 e. The first-order valence-electron chi connectivity index (χ1n) is 7.58. The van der Waals surface area contributed by atoms with E-state index in [1.807, 2.05) is 60.7 Å². The third-order valence-corrected chi connectivity index (χ3v) is 3.42. The second-order valence-electron chi connectivity index (χ2n) is 5.14. The number of aldehydes is 1. The topological polar surface area (TPSA) is 61.8 Å². The maximum atomic E-state index is 12.0. The molecule has 0 aromatic heterocycles. The van der Waals surface area contributed by atoms with Crippen molar-refractivity contribution in [3.05, 3.63) is 71.8 Å².